The van der Waals surface area contributed by atoms with Gasteiger partial charge in [0.25, 0.3) is 0 Å². The van der Waals surface area contributed by atoms with Gasteiger partial charge in [0.15, 0.2) is 23.1 Å². The molecule has 1 aliphatic heterocycles. The summed E-state index contributed by atoms with van der Waals surface area (Å²) in [5.74, 6) is -5.05. The smallest absolute Gasteiger partial charge is 0.305 e. The number of carboxylic acids is 1. The molecule has 3 aliphatic carbocycles. The number of ketones is 2. The fourth-order valence-corrected chi connectivity index (χ4v) is 6.51. The number of fused-ring (bicyclic) bond motifs is 3. The Morgan fingerprint density at radius 1 is 1.16 bits per heavy atom. The van der Waals surface area contributed by atoms with Gasteiger partial charge in [-0.1, -0.05) is 17.7 Å². The van der Waals surface area contributed by atoms with Crippen molar-refractivity contribution in [2.24, 2.45) is 17.8 Å². The number of phenolic OH excluding ortho intramolecular Hbond substituents is 1. The van der Waals surface area contributed by atoms with Crippen LogP contribution < -0.4 is 4.74 Å². The third-order valence-corrected chi connectivity index (χ3v) is 8.18. The molecule has 1 aromatic carbocycles. The van der Waals surface area contributed by atoms with Crippen LogP contribution in [0.4, 0.5) is 0 Å². The molecule has 0 aromatic heterocycles. The number of aliphatic carboxylic acids is 1. The maximum Gasteiger partial charge on any atom is 0.305 e. The number of phenols is 1. The van der Waals surface area contributed by atoms with Crippen molar-refractivity contribution in [2.75, 3.05) is 13.2 Å². The van der Waals surface area contributed by atoms with Crippen molar-refractivity contribution in [3.8, 4) is 11.5 Å². The van der Waals surface area contributed by atoms with Crippen LogP contribution in [-0.4, -0.2) is 57.6 Å². The van der Waals surface area contributed by atoms with Crippen LogP contribution in [0.5, 0.6) is 11.5 Å². The summed E-state index contributed by atoms with van der Waals surface area (Å²) < 4.78 is 5.69. The van der Waals surface area contributed by atoms with Gasteiger partial charge >= 0.3 is 5.97 Å². The molecule has 2 amide bonds. The highest BCUT2D eigenvalue weighted by Crippen LogP contribution is 2.55. The van der Waals surface area contributed by atoms with E-state index in [1.54, 1.807) is 19.1 Å². The zero-order chi connectivity index (χ0) is 26.6. The first-order valence-electron chi connectivity index (χ1n) is 12.1. The van der Waals surface area contributed by atoms with Crippen LogP contribution in [0.3, 0.4) is 0 Å². The van der Waals surface area contributed by atoms with E-state index in [2.05, 4.69) is 15.9 Å². The topological polar surface area (TPSA) is 138 Å². The first-order chi connectivity index (χ1) is 17.6. The zero-order valence-corrected chi connectivity index (χ0v) is 21.5. The number of hydrogen-bond donors (Lipinski definition) is 2. The summed E-state index contributed by atoms with van der Waals surface area (Å²) in [7, 11) is 0. The number of amides is 2. The number of hydrogen-bond acceptors (Lipinski definition) is 7. The van der Waals surface area contributed by atoms with E-state index in [4.69, 9.17) is 9.84 Å². The lowest BCUT2D eigenvalue weighted by Gasteiger charge is -2.42. The summed E-state index contributed by atoms with van der Waals surface area (Å²) in [5.41, 5.74) is 2.00. The lowest BCUT2D eigenvalue weighted by molar-refractivity contribution is -0.142. The van der Waals surface area contributed by atoms with E-state index in [9.17, 15) is 29.1 Å². The normalized spacial score (nSPS) is 26.9. The largest absolute Gasteiger partial charge is 0.504 e. The standard InChI is InChI=1S/C27H24BrNO8/c1-2-37-20-9-12(3-6-18(20)30)22-13-4-5-14-23(27(36)29(26(14)35)8-7-21(32)33)15(13)10-16-24(22)19(31)11-17(28)25(16)34/h3-4,6,9,11,14-15,22-23,30H,2,5,7-8,10H2,1H3,(H,32,33). The average Bonchev–Trinajstić information content (AvgIpc) is 3.11. The van der Waals surface area contributed by atoms with Crippen molar-refractivity contribution in [1.29, 1.82) is 0 Å². The summed E-state index contributed by atoms with van der Waals surface area (Å²) in [4.78, 5) is 65.1. The molecule has 2 N–H and O–H groups in total. The summed E-state index contributed by atoms with van der Waals surface area (Å²) in [6.07, 6.45) is 3.17. The SMILES string of the molecule is CCOc1cc(C2C3=CCC4C(=O)N(CCC(=O)O)C(=O)C4C3CC3=C2C(=O)C=C(Br)C3=O)ccc1O. The molecule has 10 heteroatoms. The third kappa shape index (κ3) is 4.03. The summed E-state index contributed by atoms with van der Waals surface area (Å²) in [6, 6.07) is 4.76. The first-order valence-corrected chi connectivity index (χ1v) is 12.8. The van der Waals surface area contributed by atoms with E-state index >= 15 is 0 Å². The Balaban J connectivity index is 1.63. The number of benzene rings is 1. The molecule has 1 fully saturated rings. The van der Waals surface area contributed by atoms with Gasteiger partial charge in [0.2, 0.25) is 11.8 Å². The number of halogens is 1. The lowest BCUT2D eigenvalue weighted by Crippen LogP contribution is -2.39. The third-order valence-electron chi connectivity index (χ3n) is 7.59. The summed E-state index contributed by atoms with van der Waals surface area (Å²) >= 11 is 3.19. The van der Waals surface area contributed by atoms with Crippen LogP contribution in [0, 0.1) is 17.8 Å². The van der Waals surface area contributed by atoms with Crippen molar-refractivity contribution in [3.63, 3.8) is 0 Å². The molecular formula is C27H24BrNO8. The second-order valence-electron chi connectivity index (χ2n) is 9.53. The van der Waals surface area contributed by atoms with Gasteiger partial charge in [0, 0.05) is 29.7 Å². The predicted molar refractivity (Wildman–Crippen MR) is 133 cm³/mol. The number of likely N-dealkylation sites (tertiary alicyclic amines) is 1. The van der Waals surface area contributed by atoms with Gasteiger partial charge in [-0.25, -0.2) is 0 Å². The van der Waals surface area contributed by atoms with E-state index in [1.165, 1.54) is 12.1 Å². The fraction of sp³-hybridized carbons (Fsp3) is 0.370. The Labute approximate surface area is 220 Å². The van der Waals surface area contributed by atoms with Crippen LogP contribution in [0.15, 0.2) is 51.6 Å². The Hall–Kier alpha value is -3.53. The number of carbonyl (C=O) groups excluding carboxylic acids is 4. The first kappa shape index (κ1) is 25.1. The molecule has 5 rings (SSSR count). The minimum absolute atomic E-state index is 0.0656. The molecule has 4 atom stereocenters. The summed E-state index contributed by atoms with van der Waals surface area (Å²) in [5, 5.41) is 19.3. The lowest BCUT2D eigenvalue weighted by atomic mass is 9.59. The van der Waals surface area contributed by atoms with Crippen LogP contribution in [-0.2, 0) is 24.0 Å². The van der Waals surface area contributed by atoms with Crippen LogP contribution >= 0.6 is 15.9 Å². The highest BCUT2D eigenvalue weighted by Gasteiger charge is 2.56. The Kier molecular flexibility index (Phi) is 6.39. The molecule has 1 saturated heterocycles. The van der Waals surface area contributed by atoms with Crippen molar-refractivity contribution in [3.05, 3.63) is 57.1 Å². The van der Waals surface area contributed by atoms with Crippen LogP contribution in [0.1, 0.15) is 37.7 Å². The number of Topliss-reactive ketones (excluding diaryl/α,β-unsaturated/α-hetero) is 1. The minimum atomic E-state index is -1.11. The molecule has 1 heterocycles. The van der Waals surface area contributed by atoms with E-state index in [0.717, 1.165) is 10.5 Å². The number of imide groups is 1. The molecule has 0 saturated carbocycles. The number of allylic oxidation sites excluding steroid dienone is 6. The monoisotopic (exact) mass is 569 g/mol. The van der Waals surface area contributed by atoms with Gasteiger partial charge < -0.3 is 14.9 Å². The van der Waals surface area contributed by atoms with E-state index < -0.39 is 41.5 Å². The zero-order valence-electron chi connectivity index (χ0n) is 19.9. The minimum Gasteiger partial charge on any atom is -0.504 e. The van der Waals surface area contributed by atoms with Crippen LogP contribution in [0.2, 0.25) is 0 Å². The van der Waals surface area contributed by atoms with Gasteiger partial charge in [0.05, 0.1) is 29.3 Å². The van der Waals surface area contributed by atoms with Crippen molar-refractivity contribution in [2.45, 2.75) is 32.1 Å². The number of aromatic hydroxyl groups is 1. The van der Waals surface area contributed by atoms with Gasteiger partial charge in [0.1, 0.15) is 0 Å². The molecule has 0 spiro atoms. The maximum atomic E-state index is 13.5. The van der Waals surface area contributed by atoms with E-state index in [0.29, 0.717) is 23.3 Å². The van der Waals surface area contributed by atoms with Crippen molar-refractivity contribution >= 4 is 45.3 Å². The molecule has 9 nitrogen and oxygen atoms in total. The molecular weight excluding hydrogens is 546 g/mol. The molecule has 1 aromatic rings. The number of carbonyl (C=O) groups is 5. The van der Waals surface area contributed by atoms with Crippen molar-refractivity contribution < 1.29 is 38.9 Å². The quantitative estimate of drug-likeness (QED) is 0.303. The Morgan fingerprint density at radius 2 is 1.92 bits per heavy atom. The fourth-order valence-electron chi connectivity index (χ4n) is 6.06. The summed E-state index contributed by atoms with van der Waals surface area (Å²) in [6.45, 7) is 1.87. The van der Waals surface area contributed by atoms with Gasteiger partial charge in [-0.2, -0.15) is 0 Å². The van der Waals surface area contributed by atoms with Gasteiger partial charge in [-0.05, 0) is 59.3 Å². The number of ether oxygens (including phenoxy) is 1. The second kappa shape index (κ2) is 9.41. The van der Waals surface area contributed by atoms with E-state index in [-0.39, 0.29) is 53.4 Å². The molecule has 4 aliphatic rings. The predicted octanol–water partition coefficient (Wildman–Crippen LogP) is 3.03. The molecule has 192 valence electrons. The molecule has 0 bridgehead atoms. The molecule has 0 radical (unpaired) electrons. The number of carboxylic acid groups (broad SMARTS) is 1. The average molecular weight is 570 g/mol. The maximum absolute atomic E-state index is 13.5. The molecule has 37 heavy (non-hydrogen) atoms. The van der Waals surface area contributed by atoms with E-state index in [1.807, 2.05) is 6.08 Å². The highest BCUT2D eigenvalue weighted by atomic mass is 79.9. The van der Waals surface area contributed by atoms with Crippen LogP contribution in [0.25, 0.3) is 0 Å². The second-order valence-corrected chi connectivity index (χ2v) is 10.4. The highest BCUT2D eigenvalue weighted by molar-refractivity contribution is 9.12. The number of nitrogens with zero attached hydrogens (tertiary/aromatic N) is 1. The Bertz CT molecular complexity index is 1360. The number of rotatable bonds is 6. The van der Waals surface area contributed by atoms with Gasteiger partial charge in [-0.15, -0.1) is 0 Å². The Morgan fingerprint density at radius 3 is 2.62 bits per heavy atom. The van der Waals surface area contributed by atoms with Crippen molar-refractivity contribution in [1.82, 2.24) is 4.90 Å². The molecule has 4 unspecified atom stereocenters. The van der Waals surface area contributed by atoms with Gasteiger partial charge in [-0.3, -0.25) is 28.9 Å².